The van der Waals surface area contributed by atoms with Crippen LogP contribution in [0.5, 0.6) is 0 Å². The summed E-state index contributed by atoms with van der Waals surface area (Å²) >= 11 is -0.948. The van der Waals surface area contributed by atoms with Crippen LogP contribution in [0.1, 0.15) is 97.8 Å². The SMILES string of the molecule is CCCCC[CH2][Sn+]([CH2]CCCCC)[CH2]CCCCC. The first kappa shape index (κ1) is 19.8. The Labute approximate surface area is 130 Å². The van der Waals surface area contributed by atoms with Crippen LogP contribution >= 0.6 is 0 Å². The molecule has 0 atom stereocenters. The molecule has 1 heteroatoms. The minimum atomic E-state index is -0.948. The first-order chi connectivity index (χ1) is 9.35. The molecule has 0 amide bonds. The van der Waals surface area contributed by atoms with Crippen molar-refractivity contribution in [2.24, 2.45) is 0 Å². The minimum absolute atomic E-state index is 0.948. The molecule has 0 aliphatic heterocycles. The summed E-state index contributed by atoms with van der Waals surface area (Å²) in [5.41, 5.74) is 0. The fourth-order valence-electron chi connectivity index (χ4n) is 2.78. The molecule has 0 nitrogen and oxygen atoms in total. The van der Waals surface area contributed by atoms with Gasteiger partial charge in [-0.3, -0.25) is 0 Å². The van der Waals surface area contributed by atoms with Crippen molar-refractivity contribution in [1.29, 1.82) is 0 Å². The predicted molar refractivity (Wildman–Crippen MR) is 92.6 cm³/mol. The van der Waals surface area contributed by atoms with Gasteiger partial charge in [-0.15, -0.1) is 0 Å². The molecule has 0 N–H and O–H groups in total. The van der Waals surface area contributed by atoms with E-state index in [1.54, 1.807) is 32.6 Å². The van der Waals surface area contributed by atoms with Crippen molar-refractivity contribution in [3.8, 4) is 0 Å². The Balaban J connectivity index is 3.66. The fourth-order valence-corrected chi connectivity index (χ4v) is 11.3. The first-order valence-corrected chi connectivity index (χ1v) is 15.2. The van der Waals surface area contributed by atoms with Crippen LogP contribution in [0.4, 0.5) is 0 Å². The van der Waals surface area contributed by atoms with Crippen molar-refractivity contribution < 1.29 is 0 Å². The molecule has 114 valence electrons. The van der Waals surface area contributed by atoms with E-state index in [2.05, 4.69) is 20.8 Å². The average Bonchev–Trinajstić information content (AvgIpc) is 2.43. The van der Waals surface area contributed by atoms with E-state index in [4.69, 9.17) is 0 Å². The van der Waals surface area contributed by atoms with Crippen molar-refractivity contribution in [3.63, 3.8) is 0 Å². The summed E-state index contributed by atoms with van der Waals surface area (Å²) in [6, 6.07) is 0. The Bertz CT molecular complexity index is 127. The number of hydrogen-bond acceptors (Lipinski definition) is 0. The van der Waals surface area contributed by atoms with Crippen LogP contribution in [0.2, 0.25) is 13.3 Å². The van der Waals surface area contributed by atoms with E-state index >= 15 is 0 Å². The molecule has 0 heterocycles. The van der Waals surface area contributed by atoms with Gasteiger partial charge in [0.1, 0.15) is 0 Å². The van der Waals surface area contributed by atoms with E-state index in [-0.39, 0.29) is 0 Å². The van der Waals surface area contributed by atoms with E-state index in [0.29, 0.717) is 0 Å². The summed E-state index contributed by atoms with van der Waals surface area (Å²) < 4.78 is 5.13. The molecular formula is C18H39Sn+. The molecule has 0 rings (SSSR count). The van der Waals surface area contributed by atoms with Gasteiger partial charge in [0.2, 0.25) is 0 Å². The fraction of sp³-hybridized carbons (Fsp3) is 1.00. The normalized spacial score (nSPS) is 10.9. The Hall–Kier alpha value is 0.799. The standard InChI is InChI=1S/3C6H13.Sn/c3*1-3-5-6-4-2;/h3*1,3-6H2,2H3;/q;;;+1. The van der Waals surface area contributed by atoms with Crippen LogP contribution in [0.15, 0.2) is 0 Å². The van der Waals surface area contributed by atoms with E-state index in [9.17, 15) is 0 Å². The summed E-state index contributed by atoms with van der Waals surface area (Å²) in [5, 5.41) is 0. The van der Waals surface area contributed by atoms with Gasteiger partial charge in [0, 0.05) is 0 Å². The molecule has 0 aliphatic carbocycles. The van der Waals surface area contributed by atoms with E-state index in [1.165, 1.54) is 57.8 Å². The molecule has 0 aromatic carbocycles. The average molecular weight is 374 g/mol. The summed E-state index contributed by atoms with van der Waals surface area (Å²) in [7, 11) is 0. The summed E-state index contributed by atoms with van der Waals surface area (Å²) in [5.74, 6) is 0. The third-order valence-electron chi connectivity index (χ3n) is 4.15. The molecule has 0 unspecified atom stereocenters. The molecule has 0 spiro atoms. The molecular weight excluding hydrogens is 335 g/mol. The predicted octanol–water partition coefficient (Wildman–Crippen LogP) is 7.22. The molecule has 0 saturated carbocycles. The van der Waals surface area contributed by atoms with Crippen molar-refractivity contribution >= 4 is 19.8 Å². The van der Waals surface area contributed by atoms with Gasteiger partial charge >= 0.3 is 131 Å². The molecule has 0 aromatic heterocycles. The Morgan fingerprint density at radius 2 is 0.737 bits per heavy atom. The van der Waals surface area contributed by atoms with Gasteiger partial charge in [0.25, 0.3) is 0 Å². The van der Waals surface area contributed by atoms with Crippen molar-refractivity contribution in [1.82, 2.24) is 0 Å². The van der Waals surface area contributed by atoms with Gasteiger partial charge in [-0.05, 0) is 0 Å². The van der Waals surface area contributed by atoms with Gasteiger partial charge < -0.3 is 0 Å². The molecule has 0 fully saturated rings. The van der Waals surface area contributed by atoms with Crippen molar-refractivity contribution in [3.05, 3.63) is 0 Å². The topological polar surface area (TPSA) is 0 Å². The van der Waals surface area contributed by atoms with E-state index in [0.717, 1.165) is 0 Å². The third kappa shape index (κ3) is 15.0. The Kier molecular flexibility index (Phi) is 17.6. The molecule has 19 heavy (non-hydrogen) atoms. The summed E-state index contributed by atoms with van der Waals surface area (Å²) in [6.45, 7) is 6.99. The second-order valence-electron chi connectivity index (χ2n) is 6.18. The molecule has 0 bridgehead atoms. The zero-order valence-corrected chi connectivity index (χ0v) is 17.0. The van der Waals surface area contributed by atoms with Crippen LogP contribution in [0, 0.1) is 0 Å². The maximum atomic E-state index is 2.33. The van der Waals surface area contributed by atoms with Crippen LogP contribution in [0.25, 0.3) is 0 Å². The maximum absolute atomic E-state index is 2.33. The number of unbranched alkanes of at least 4 members (excludes halogenated alkanes) is 9. The number of rotatable bonds is 15. The zero-order chi connectivity index (χ0) is 14.2. The summed E-state index contributed by atoms with van der Waals surface area (Å²) in [6.07, 6.45) is 17.9. The Morgan fingerprint density at radius 1 is 0.421 bits per heavy atom. The van der Waals surface area contributed by atoms with E-state index in [1.807, 2.05) is 0 Å². The first-order valence-electron chi connectivity index (χ1n) is 9.18. The van der Waals surface area contributed by atoms with Gasteiger partial charge in [0.05, 0.1) is 0 Å². The summed E-state index contributed by atoms with van der Waals surface area (Å²) in [4.78, 5) is 0. The van der Waals surface area contributed by atoms with Gasteiger partial charge in [-0.2, -0.15) is 0 Å². The van der Waals surface area contributed by atoms with Gasteiger partial charge in [0.15, 0.2) is 0 Å². The van der Waals surface area contributed by atoms with Crippen LogP contribution in [-0.2, 0) is 0 Å². The monoisotopic (exact) mass is 375 g/mol. The molecule has 0 aliphatic rings. The number of hydrogen-bond donors (Lipinski definition) is 0. The van der Waals surface area contributed by atoms with E-state index < -0.39 is 19.8 Å². The molecule has 0 radical (unpaired) electrons. The third-order valence-corrected chi connectivity index (χ3v) is 13.2. The van der Waals surface area contributed by atoms with Crippen LogP contribution in [0.3, 0.4) is 0 Å². The van der Waals surface area contributed by atoms with Crippen LogP contribution < -0.4 is 0 Å². The van der Waals surface area contributed by atoms with Crippen LogP contribution in [-0.4, -0.2) is 19.8 Å². The Morgan fingerprint density at radius 3 is 1.00 bits per heavy atom. The van der Waals surface area contributed by atoms with Crippen molar-refractivity contribution in [2.45, 2.75) is 111 Å². The molecule has 0 aromatic rings. The quantitative estimate of drug-likeness (QED) is 0.210. The van der Waals surface area contributed by atoms with Gasteiger partial charge in [-0.1, -0.05) is 0 Å². The van der Waals surface area contributed by atoms with Gasteiger partial charge in [-0.25, -0.2) is 0 Å². The van der Waals surface area contributed by atoms with Crippen molar-refractivity contribution in [2.75, 3.05) is 0 Å². The zero-order valence-electron chi connectivity index (χ0n) is 14.1. The second kappa shape index (κ2) is 16.9. The molecule has 0 saturated heterocycles. The second-order valence-corrected chi connectivity index (χ2v) is 14.7.